The highest BCUT2D eigenvalue weighted by Gasteiger charge is 2.31. The van der Waals surface area contributed by atoms with Crippen molar-refractivity contribution in [2.45, 2.75) is 38.1 Å². The van der Waals surface area contributed by atoms with Crippen LogP contribution in [0.1, 0.15) is 36.9 Å². The van der Waals surface area contributed by atoms with E-state index in [-0.39, 0.29) is 23.5 Å². The van der Waals surface area contributed by atoms with E-state index in [0.717, 1.165) is 23.4 Å². The van der Waals surface area contributed by atoms with Gasteiger partial charge in [0.15, 0.2) is 5.13 Å². The minimum atomic E-state index is -4.42. The molecule has 4 nitrogen and oxygen atoms in total. The van der Waals surface area contributed by atoms with Gasteiger partial charge in [-0.3, -0.25) is 0 Å². The average Bonchev–Trinajstić information content (AvgIpc) is 3.09. The zero-order valence-electron chi connectivity index (χ0n) is 16.2. The Morgan fingerprint density at radius 3 is 2.60 bits per heavy atom. The van der Waals surface area contributed by atoms with E-state index < -0.39 is 11.7 Å². The number of hydrogen-bond acceptors (Lipinski definition) is 5. The van der Waals surface area contributed by atoms with E-state index in [1.54, 1.807) is 6.07 Å². The molecular weight excluding hydrogens is 418 g/mol. The Balaban J connectivity index is 1.59. The van der Waals surface area contributed by atoms with Crippen molar-refractivity contribution in [3.05, 3.63) is 53.3 Å². The Labute approximate surface area is 175 Å². The third-order valence-electron chi connectivity index (χ3n) is 5.32. The van der Waals surface area contributed by atoms with Crippen molar-refractivity contribution in [1.82, 2.24) is 4.98 Å². The third kappa shape index (κ3) is 4.37. The normalized spacial score (nSPS) is 16.8. The molecule has 1 aliphatic heterocycles. The van der Waals surface area contributed by atoms with Crippen LogP contribution in [0.5, 0.6) is 0 Å². The van der Waals surface area contributed by atoms with E-state index in [4.69, 9.17) is 0 Å². The second-order valence-corrected chi connectivity index (χ2v) is 8.52. The van der Waals surface area contributed by atoms with Crippen molar-refractivity contribution in [3.63, 3.8) is 0 Å². The van der Waals surface area contributed by atoms with Gasteiger partial charge in [-0.05, 0) is 56.2 Å². The minimum Gasteiger partial charge on any atom is -0.393 e. The van der Waals surface area contributed by atoms with Gasteiger partial charge in [0, 0.05) is 24.3 Å². The molecule has 2 heterocycles. The van der Waals surface area contributed by atoms with Crippen molar-refractivity contribution in [2.75, 3.05) is 23.3 Å². The fourth-order valence-electron chi connectivity index (χ4n) is 3.70. The smallest absolute Gasteiger partial charge is 0.393 e. The molecule has 2 aromatic carbocycles. The molecule has 0 radical (unpaired) electrons. The summed E-state index contributed by atoms with van der Waals surface area (Å²) < 4.78 is 53.5. The van der Waals surface area contributed by atoms with Gasteiger partial charge in [-0.15, -0.1) is 0 Å². The molecule has 1 aliphatic rings. The number of thiazole rings is 1. The number of nitrogens with zero attached hydrogens (tertiary/aromatic N) is 2. The van der Waals surface area contributed by atoms with Gasteiger partial charge in [0.05, 0.1) is 27.9 Å². The quantitative estimate of drug-likeness (QED) is 0.521. The van der Waals surface area contributed by atoms with Crippen LogP contribution in [-0.2, 0) is 6.18 Å². The molecule has 0 saturated carbocycles. The first-order chi connectivity index (χ1) is 14.2. The van der Waals surface area contributed by atoms with Crippen LogP contribution >= 0.6 is 11.3 Å². The number of nitrogens with one attached hydrogen (secondary N) is 1. The highest BCUT2D eigenvalue weighted by molar-refractivity contribution is 7.22. The summed E-state index contributed by atoms with van der Waals surface area (Å²) in [4.78, 5) is 6.41. The first kappa shape index (κ1) is 20.9. The van der Waals surface area contributed by atoms with Gasteiger partial charge in [0.2, 0.25) is 0 Å². The van der Waals surface area contributed by atoms with Crippen LogP contribution < -0.4 is 10.2 Å². The molecule has 9 heteroatoms. The molecule has 0 bridgehead atoms. The number of aromatic nitrogens is 1. The van der Waals surface area contributed by atoms with Crippen LogP contribution in [-0.4, -0.2) is 29.3 Å². The average molecular weight is 439 g/mol. The molecule has 0 amide bonds. The van der Waals surface area contributed by atoms with E-state index in [2.05, 4.69) is 15.2 Å². The number of benzene rings is 2. The topological polar surface area (TPSA) is 48.4 Å². The summed E-state index contributed by atoms with van der Waals surface area (Å²) in [6.07, 6.45) is -3.43. The molecule has 160 valence electrons. The largest absolute Gasteiger partial charge is 0.416 e. The summed E-state index contributed by atoms with van der Waals surface area (Å²) in [7, 11) is 0. The second kappa shape index (κ2) is 8.03. The Kier molecular flexibility index (Phi) is 5.59. The highest BCUT2D eigenvalue weighted by atomic mass is 32.1. The number of aliphatic hydroxyl groups excluding tert-OH is 1. The van der Waals surface area contributed by atoms with Gasteiger partial charge in [0.25, 0.3) is 0 Å². The summed E-state index contributed by atoms with van der Waals surface area (Å²) in [5, 5.41) is 13.4. The molecule has 2 N–H and O–H groups in total. The Morgan fingerprint density at radius 1 is 1.17 bits per heavy atom. The van der Waals surface area contributed by atoms with E-state index in [1.165, 1.54) is 29.5 Å². The number of hydrogen-bond donors (Lipinski definition) is 2. The molecule has 0 aliphatic carbocycles. The number of halogens is 4. The van der Waals surface area contributed by atoms with E-state index >= 15 is 0 Å². The van der Waals surface area contributed by atoms with E-state index in [9.17, 15) is 22.7 Å². The van der Waals surface area contributed by atoms with Crippen molar-refractivity contribution < 1.29 is 22.7 Å². The fourth-order valence-corrected chi connectivity index (χ4v) is 4.63. The number of rotatable bonds is 4. The van der Waals surface area contributed by atoms with Crippen LogP contribution in [0, 0.1) is 5.82 Å². The number of fused-ring (bicyclic) bond motifs is 1. The van der Waals surface area contributed by atoms with Gasteiger partial charge >= 0.3 is 6.18 Å². The zero-order valence-corrected chi connectivity index (χ0v) is 17.0. The lowest BCUT2D eigenvalue weighted by atomic mass is 10.0. The van der Waals surface area contributed by atoms with Gasteiger partial charge < -0.3 is 15.3 Å². The molecule has 1 saturated heterocycles. The standard InChI is InChI=1S/C21H21F4N3OS/c1-12(16-11-14(22)3-4-18(16)28-8-6-15(29)7-9-28)26-20-27-17-10-13(21(23,24)25)2-5-19(17)30-20/h2-5,10-12,15,29H,6-9H2,1H3,(H,26,27). The molecular formula is C21H21F4N3OS. The first-order valence-corrected chi connectivity index (χ1v) is 10.5. The number of aliphatic hydroxyl groups is 1. The van der Waals surface area contributed by atoms with Gasteiger partial charge in [-0.2, -0.15) is 13.2 Å². The molecule has 1 fully saturated rings. The lowest BCUT2D eigenvalue weighted by Crippen LogP contribution is -2.36. The summed E-state index contributed by atoms with van der Waals surface area (Å²) in [6.45, 7) is 3.21. The zero-order chi connectivity index (χ0) is 21.5. The SMILES string of the molecule is CC(Nc1nc2cc(C(F)(F)F)ccc2s1)c1cc(F)ccc1N1CCC(O)CC1. The molecule has 1 atom stereocenters. The summed E-state index contributed by atoms with van der Waals surface area (Å²) in [6, 6.07) is 7.79. The van der Waals surface area contributed by atoms with Crippen LogP contribution in [0.2, 0.25) is 0 Å². The van der Waals surface area contributed by atoms with Gasteiger partial charge in [-0.25, -0.2) is 9.37 Å². The van der Waals surface area contributed by atoms with Crippen molar-refractivity contribution in [1.29, 1.82) is 0 Å². The first-order valence-electron chi connectivity index (χ1n) is 9.67. The fraction of sp³-hybridized carbons (Fsp3) is 0.381. The Bertz CT molecular complexity index is 1040. The molecule has 3 aromatic rings. The van der Waals surface area contributed by atoms with Crippen LogP contribution in [0.4, 0.5) is 28.4 Å². The van der Waals surface area contributed by atoms with Crippen molar-refractivity contribution in [3.8, 4) is 0 Å². The number of alkyl halides is 3. The Hall–Kier alpha value is -2.39. The highest BCUT2D eigenvalue weighted by Crippen LogP contribution is 2.36. The van der Waals surface area contributed by atoms with E-state index in [1.807, 2.05) is 6.92 Å². The van der Waals surface area contributed by atoms with Crippen LogP contribution in [0.3, 0.4) is 0 Å². The predicted octanol–water partition coefficient (Wildman–Crippen LogP) is 5.59. The maximum absolute atomic E-state index is 14.0. The van der Waals surface area contributed by atoms with Crippen molar-refractivity contribution >= 4 is 32.4 Å². The Morgan fingerprint density at radius 2 is 1.90 bits per heavy atom. The maximum Gasteiger partial charge on any atom is 0.416 e. The van der Waals surface area contributed by atoms with Gasteiger partial charge in [-0.1, -0.05) is 11.3 Å². The summed E-state index contributed by atoms with van der Waals surface area (Å²) >= 11 is 1.26. The van der Waals surface area contributed by atoms with E-state index in [0.29, 0.717) is 35.8 Å². The summed E-state index contributed by atoms with van der Waals surface area (Å²) in [5.74, 6) is -0.362. The lowest BCUT2D eigenvalue weighted by Gasteiger charge is -2.34. The number of piperidine rings is 1. The molecule has 1 aromatic heterocycles. The second-order valence-electron chi connectivity index (χ2n) is 7.49. The maximum atomic E-state index is 14.0. The molecule has 0 spiro atoms. The third-order valence-corrected chi connectivity index (χ3v) is 6.28. The molecule has 1 unspecified atom stereocenters. The van der Waals surface area contributed by atoms with Crippen molar-refractivity contribution in [2.24, 2.45) is 0 Å². The number of anilines is 2. The molecule has 4 rings (SSSR count). The van der Waals surface area contributed by atoms with Crippen LogP contribution in [0.25, 0.3) is 10.2 Å². The van der Waals surface area contributed by atoms with Gasteiger partial charge in [0.1, 0.15) is 5.82 Å². The predicted molar refractivity (Wildman–Crippen MR) is 111 cm³/mol. The van der Waals surface area contributed by atoms with Crippen LogP contribution in [0.15, 0.2) is 36.4 Å². The molecule has 30 heavy (non-hydrogen) atoms. The summed E-state index contributed by atoms with van der Waals surface area (Å²) in [5.41, 5.74) is 1.15. The monoisotopic (exact) mass is 439 g/mol. The lowest BCUT2D eigenvalue weighted by molar-refractivity contribution is -0.137. The minimum absolute atomic E-state index is 0.272.